The number of carboxylic acids is 1. The first-order chi connectivity index (χ1) is 11.5. The maximum atomic E-state index is 12.8. The fourth-order valence-electron chi connectivity index (χ4n) is 2.53. The molecule has 0 saturated carbocycles. The van der Waals surface area contributed by atoms with E-state index in [1.807, 2.05) is 30.3 Å². The number of carbonyl (C=O) groups is 1. The van der Waals surface area contributed by atoms with Crippen LogP contribution < -0.4 is 0 Å². The van der Waals surface area contributed by atoms with Crippen LogP contribution in [0.15, 0.2) is 53.7 Å². The minimum Gasteiger partial charge on any atom is -0.478 e. The van der Waals surface area contributed by atoms with E-state index < -0.39 is 16.0 Å². The highest BCUT2D eigenvalue weighted by molar-refractivity contribution is 7.89. The molecule has 7 nitrogen and oxygen atoms in total. The molecule has 1 N–H and O–H groups in total. The molecule has 1 aromatic carbocycles. The smallest absolute Gasteiger partial charge is 0.335 e. The van der Waals surface area contributed by atoms with E-state index in [1.165, 1.54) is 16.6 Å². The van der Waals surface area contributed by atoms with Gasteiger partial charge in [0.25, 0.3) is 10.0 Å². The summed E-state index contributed by atoms with van der Waals surface area (Å²) in [7, 11) is -3.88. The molecule has 0 radical (unpaired) electrons. The number of hydrogen-bond donors (Lipinski definition) is 1. The predicted octanol–water partition coefficient (Wildman–Crippen LogP) is 1.54. The second-order valence-electron chi connectivity index (χ2n) is 5.32. The van der Waals surface area contributed by atoms with Gasteiger partial charge in [0.1, 0.15) is 0 Å². The van der Waals surface area contributed by atoms with Gasteiger partial charge in [0.05, 0.1) is 18.3 Å². The van der Waals surface area contributed by atoms with Gasteiger partial charge in [-0.1, -0.05) is 30.3 Å². The van der Waals surface area contributed by atoms with Crippen molar-refractivity contribution in [1.82, 2.24) is 9.29 Å². The molecular weight excluding hydrogens is 332 g/mol. The van der Waals surface area contributed by atoms with E-state index in [1.54, 1.807) is 0 Å². The Bertz CT molecular complexity index is 839. The lowest BCUT2D eigenvalue weighted by Gasteiger charge is -2.32. The fraction of sp³-hybridized carbons (Fsp3) is 0.250. The molecule has 1 atom stereocenters. The van der Waals surface area contributed by atoms with Gasteiger partial charge < -0.3 is 9.84 Å². The zero-order chi connectivity index (χ0) is 17.2. The molecule has 2 heterocycles. The van der Waals surface area contributed by atoms with Crippen LogP contribution in [0.2, 0.25) is 0 Å². The van der Waals surface area contributed by atoms with E-state index in [2.05, 4.69) is 4.98 Å². The molecule has 3 rings (SSSR count). The summed E-state index contributed by atoms with van der Waals surface area (Å²) >= 11 is 0. The number of carboxylic acid groups (broad SMARTS) is 1. The van der Waals surface area contributed by atoms with E-state index in [9.17, 15) is 13.2 Å². The van der Waals surface area contributed by atoms with Crippen LogP contribution in [0.25, 0.3) is 0 Å². The first kappa shape index (κ1) is 16.6. The van der Waals surface area contributed by atoms with Crippen LogP contribution in [0.4, 0.5) is 0 Å². The zero-order valence-corrected chi connectivity index (χ0v) is 13.5. The summed E-state index contributed by atoms with van der Waals surface area (Å²) in [4.78, 5) is 14.9. The number of aromatic nitrogens is 1. The van der Waals surface area contributed by atoms with Crippen molar-refractivity contribution in [3.05, 3.63) is 59.8 Å². The first-order valence-corrected chi connectivity index (χ1v) is 8.78. The lowest BCUT2D eigenvalue weighted by molar-refractivity contribution is -0.00262. The molecule has 1 aliphatic heterocycles. The van der Waals surface area contributed by atoms with Crippen LogP contribution in [-0.4, -0.2) is 48.5 Å². The zero-order valence-electron chi connectivity index (χ0n) is 12.7. The van der Waals surface area contributed by atoms with E-state index in [4.69, 9.17) is 9.84 Å². The Morgan fingerprint density at radius 3 is 2.71 bits per heavy atom. The maximum absolute atomic E-state index is 12.8. The minimum atomic E-state index is -3.88. The number of morpholine rings is 1. The van der Waals surface area contributed by atoms with Crippen LogP contribution in [0.3, 0.4) is 0 Å². The Morgan fingerprint density at radius 1 is 1.25 bits per heavy atom. The van der Waals surface area contributed by atoms with Crippen molar-refractivity contribution >= 4 is 16.0 Å². The van der Waals surface area contributed by atoms with Crippen LogP contribution >= 0.6 is 0 Å². The van der Waals surface area contributed by atoms with Crippen molar-refractivity contribution in [2.75, 3.05) is 19.7 Å². The molecule has 1 saturated heterocycles. The van der Waals surface area contributed by atoms with Gasteiger partial charge in [-0.3, -0.25) is 0 Å². The van der Waals surface area contributed by atoms with Gasteiger partial charge in [0.15, 0.2) is 5.03 Å². The van der Waals surface area contributed by atoms with E-state index in [0.29, 0.717) is 0 Å². The number of aromatic carboxylic acids is 1. The van der Waals surface area contributed by atoms with Gasteiger partial charge in [0, 0.05) is 19.3 Å². The normalized spacial score (nSPS) is 19.1. The van der Waals surface area contributed by atoms with Crippen molar-refractivity contribution < 1.29 is 23.1 Å². The van der Waals surface area contributed by atoms with Crippen LogP contribution in [0.5, 0.6) is 0 Å². The summed E-state index contributed by atoms with van der Waals surface area (Å²) in [5, 5.41) is 8.75. The Morgan fingerprint density at radius 2 is 2.00 bits per heavy atom. The van der Waals surface area contributed by atoms with Crippen molar-refractivity contribution in [2.24, 2.45) is 0 Å². The van der Waals surface area contributed by atoms with Gasteiger partial charge in [-0.05, 0) is 17.7 Å². The highest BCUT2D eigenvalue weighted by atomic mass is 32.2. The third kappa shape index (κ3) is 3.30. The van der Waals surface area contributed by atoms with E-state index >= 15 is 0 Å². The lowest BCUT2D eigenvalue weighted by atomic mass is 10.1. The maximum Gasteiger partial charge on any atom is 0.335 e. The molecule has 2 aromatic rings. The summed E-state index contributed by atoms with van der Waals surface area (Å²) < 4.78 is 32.5. The molecule has 0 spiro atoms. The van der Waals surface area contributed by atoms with Crippen molar-refractivity contribution in [3.63, 3.8) is 0 Å². The average Bonchev–Trinajstić information content (AvgIpc) is 2.62. The molecule has 0 aliphatic carbocycles. The number of rotatable bonds is 4. The lowest BCUT2D eigenvalue weighted by Crippen LogP contribution is -2.42. The van der Waals surface area contributed by atoms with Gasteiger partial charge in [-0.15, -0.1) is 0 Å². The Balaban J connectivity index is 1.87. The topological polar surface area (TPSA) is 96.8 Å². The highest BCUT2D eigenvalue weighted by Crippen LogP contribution is 2.26. The molecule has 8 heteroatoms. The number of ether oxygens (including phenoxy) is 1. The van der Waals surface area contributed by atoms with Crippen LogP contribution in [0.1, 0.15) is 22.0 Å². The summed E-state index contributed by atoms with van der Waals surface area (Å²) in [5.41, 5.74) is 0.779. The van der Waals surface area contributed by atoms with Gasteiger partial charge >= 0.3 is 5.97 Å². The Hall–Kier alpha value is -2.29. The van der Waals surface area contributed by atoms with E-state index in [-0.39, 0.29) is 36.4 Å². The largest absolute Gasteiger partial charge is 0.478 e. The number of benzene rings is 1. The number of pyridine rings is 1. The predicted molar refractivity (Wildman–Crippen MR) is 85.1 cm³/mol. The summed E-state index contributed by atoms with van der Waals surface area (Å²) in [5.74, 6) is -1.20. The molecule has 126 valence electrons. The summed E-state index contributed by atoms with van der Waals surface area (Å²) in [6.45, 7) is 0.618. The molecule has 1 unspecified atom stereocenters. The third-order valence-corrected chi connectivity index (χ3v) is 5.55. The molecule has 1 aliphatic rings. The number of sulfonamides is 1. The fourth-order valence-corrected chi connectivity index (χ4v) is 3.91. The van der Waals surface area contributed by atoms with Gasteiger partial charge in [0.2, 0.25) is 0 Å². The van der Waals surface area contributed by atoms with Crippen molar-refractivity contribution in [2.45, 2.75) is 11.1 Å². The highest BCUT2D eigenvalue weighted by Gasteiger charge is 2.32. The number of nitrogens with zero attached hydrogens (tertiary/aromatic N) is 2. The van der Waals surface area contributed by atoms with E-state index in [0.717, 1.165) is 11.6 Å². The monoisotopic (exact) mass is 348 g/mol. The molecule has 1 fully saturated rings. The standard InChI is InChI=1S/C16H16N2O5S/c19-16(20)13-6-7-17-15(10-13)24(21,22)18-8-9-23-14(11-18)12-4-2-1-3-5-12/h1-7,10,14H,8-9,11H2,(H,19,20). The van der Waals surface area contributed by atoms with Gasteiger partial charge in [-0.2, -0.15) is 4.31 Å². The van der Waals surface area contributed by atoms with Crippen LogP contribution in [-0.2, 0) is 14.8 Å². The first-order valence-electron chi connectivity index (χ1n) is 7.34. The molecule has 0 amide bonds. The van der Waals surface area contributed by atoms with Crippen molar-refractivity contribution in [3.8, 4) is 0 Å². The SMILES string of the molecule is O=C(O)c1ccnc(S(=O)(=O)N2CCOC(c3ccccc3)C2)c1. The van der Waals surface area contributed by atoms with Crippen LogP contribution in [0, 0.1) is 0 Å². The quantitative estimate of drug-likeness (QED) is 0.900. The Labute approximate surface area is 139 Å². The molecule has 0 bridgehead atoms. The van der Waals surface area contributed by atoms with Gasteiger partial charge in [-0.25, -0.2) is 18.2 Å². The summed E-state index contributed by atoms with van der Waals surface area (Å²) in [6.07, 6.45) is 0.822. The Kier molecular flexibility index (Phi) is 4.61. The average molecular weight is 348 g/mol. The second kappa shape index (κ2) is 6.68. The van der Waals surface area contributed by atoms with Crippen molar-refractivity contribution in [1.29, 1.82) is 0 Å². The molecule has 1 aromatic heterocycles. The number of hydrogen-bond acceptors (Lipinski definition) is 5. The second-order valence-corrected chi connectivity index (χ2v) is 7.21. The summed E-state index contributed by atoms with van der Waals surface area (Å²) in [6, 6.07) is 11.7. The minimum absolute atomic E-state index is 0.114. The third-order valence-electron chi connectivity index (χ3n) is 3.79. The molecule has 24 heavy (non-hydrogen) atoms. The molecular formula is C16H16N2O5S.